The molecule has 0 atom stereocenters. The number of halogens is 24. The maximum atomic E-state index is 9.87. The SMILES string of the molecule is CC#N.CC#N.CC#N.CC#N.F[P-](F)(F)(F)(F)F.F[P-](F)(F)(F)(F)F.F[P-](F)(F)(F)(F)F.F[P-](F)(F)(F)(F)F.c1cc2ccc1C[n+]1ccc(cc1)-c1ccc(nn1)-c1cc[n+](cc1)Cc1ccc(cc1)C[n+]1ccc(cc1)-c1ccc(nn1)-c1cc[n+](cc1)C2.c1cc2cccc3c4cccc5cccc(c(c1)c23)c54. The second-order valence-electron chi connectivity index (χ2n) is 23.4. The van der Waals surface area contributed by atoms with Crippen LogP contribution in [0.4, 0.5) is 101 Å². The van der Waals surface area contributed by atoms with Gasteiger partial charge in [0.1, 0.15) is 0 Å². The van der Waals surface area contributed by atoms with E-state index in [9.17, 15) is 101 Å². The molecule has 0 aliphatic carbocycles. The van der Waals surface area contributed by atoms with E-state index in [1.807, 2.05) is 24.3 Å². The van der Waals surface area contributed by atoms with Gasteiger partial charge in [-0.25, -0.2) is 18.3 Å². The van der Waals surface area contributed by atoms with Crippen LogP contribution in [0.3, 0.4) is 0 Å². The Morgan fingerprint density at radius 2 is 0.384 bits per heavy atom. The summed E-state index contributed by atoms with van der Waals surface area (Å²) in [5, 5.41) is 58.4. The van der Waals surface area contributed by atoms with Crippen LogP contribution in [0.25, 0.3) is 88.1 Å². The zero-order valence-corrected chi connectivity index (χ0v) is 61.7. The van der Waals surface area contributed by atoms with Crippen LogP contribution in [0.2, 0.25) is 0 Å². The monoisotopic (exact) mass is 1670 g/mol. The van der Waals surface area contributed by atoms with Crippen molar-refractivity contribution in [3.8, 4) is 69.3 Å². The largest absolute Gasteiger partial charge is 0.201 e. The number of hydrogen-bond donors (Lipinski definition) is 0. The minimum atomic E-state index is -10.7. The fraction of sp³-hybridized carbons (Fsp3) is 0.111. The van der Waals surface area contributed by atoms with Gasteiger partial charge < -0.3 is 0 Å². The molecule has 0 saturated carbocycles. The van der Waals surface area contributed by atoms with Gasteiger partial charge in [0.05, 0.1) is 47.1 Å². The van der Waals surface area contributed by atoms with E-state index >= 15 is 0 Å². The third-order valence-corrected chi connectivity index (χ3v) is 14.0. The molecule has 0 saturated heterocycles. The van der Waals surface area contributed by atoms with Crippen LogP contribution in [0.5, 0.6) is 0 Å². The average molecular weight is 1670 g/mol. The van der Waals surface area contributed by atoms with Crippen molar-refractivity contribution in [2.45, 2.75) is 53.9 Å². The van der Waals surface area contributed by atoms with Crippen LogP contribution < -0.4 is 18.3 Å². The van der Waals surface area contributed by atoms with Crippen molar-refractivity contribution in [2.24, 2.45) is 0 Å². The van der Waals surface area contributed by atoms with Crippen molar-refractivity contribution in [2.75, 3.05) is 0 Å². The molecule has 7 aromatic carbocycles. The van der Waals surface area contributed by atoms with Crippen LogP contribution >= 0.6 is 31.2 Å². The molecule has 0 spiro atoms. The molecule has 0 unspecified atom stereocenters. The Bertz CT molecular complexity index is 4800. The molecule has 13 aromatic rings. The number of nitriles is 4. The van der Waals surface area contributed by atoms with Crippen molar-refractivity contribution in [1.29, 1.82) is 21.0 Å². The Morgan fingerprint density at radius 1 is 0.241 bits per heavy atom. The molecule has 12 nitrogen and oxygen atoms in total. The first kappa shape index (κ1) is 91.2. The number of nitrogens with zero attached hydrogens (tertiary/aromatic N) is 12. The van der Waals surface area contributed by atoms with Crippen molar-refractivity contribution >= 4 is 74.3 Å². The van der Waals surface area contributed by atoms with Crippen molar-refractivity contribution in [3.05, 3.63) is 266 Å². The summed E-state index contributed by atoms with van der Waals surface area (Å²) in [5.74, 6) is 0. The van der Waals surface area contributed by atoms with E-state index in [1.165, 1.54) is 93.0 Å². The molecule has 40 heteroatoms. The van der Waals surface area contributed by atoms with E-state index in [0.29, 0.717) is 0 Å². The summed E-state index contributed by atoms with van der Waals surface area (Å²) in [6.07, 6.45) is 16.8. The predicted molar refractivity (Wildman–Crippen MR) is 383 cm³/mol. The minimum Gasteiger partial charge on any atom is -0.201 e. The van der Waals surface area contributed by atoms with Gasteiger partial charge in [0.2, 0.25) is 0 Å². The van der Waals surface area contributed by atoms with Crippen molar-refractivity contribution in [1.82, 2.24) is 20.4 Å². The van der Waals surface area contributed by atoms with Gasteiger partial charge in [0.15, 0.2) is 75.8 Å². The third kappa shape index (κ3) is 38.3. The molecule has 0 amide bonds. The van der Waals surface area contributed by atoms with Crippen LogP contribution in [0.1, 0.15) is 49.9 Å². The van der Waals surface area contributed by atoms with Gasteiger partial charge >= 0.3 is 132 Å². The number of aromatic nitrogens is 8. The quantitative estimate of drug-likeness (QED) is 0.0476. The molecule has 0 radical (unpaired) electrons. The zero-order chi connectivity index (χ0) is 84.3. The number of hydrogen-bond acceptors (Lipinski definition) is 8. The molecule has 22 aliphatic rings. The Labute approximate surface area is 621 Å². The molecule has 6 aromatic heterocycles. The maximum Gasteiger partial charge on any atom is 0.173 e. The smallest absolute Gasteiger partial charge is 0.173 e. The summed E-state index contributed by atoms with van der Waals surface area (Å²) < 4.78 is 246. The summed E-state index contributed by atoms with van der Waals surface area (Å²) in [6, 6.07) is 76.0. The Kier molecular flexibility index (Phi) is 26.5. The molecule has 16 bridgehead atoms. The summed E-state index contributed by atoms with van der Waals surface area (Å²) in [4.78, 5) is 0. The van der Waals surface area contributed by atoms with Crippen LogP contribution in [0.15, 0.2) is 244 Å². The van der Waals surface area contributed by atoms with E-state index < -0.39 is 31.2 Å². The molecule has 112 heavy (non-hydrogen) atoms. The predicted octanol–water partition coefficient (Wildman–Crippen LogP) is 27.0. The van der Waals surface area contributed by atoms with Crippen molar-refractivity contribution in [3.63, 3.8) is 0 Å². The second kappa shape index (κ2) is 32.5. The minimum absolute atomic E-state index is 0.788. The summed E-state index contributed by atoms with van der Waals surface area (Å²) in [7, 11) is -42.6. The van der Waals surface area contributed by atoms with Gasteiger partial charge in [0, 0.05) is 121 Å². The van der Waals surface area contributed by atoms with Gasteiger partial charge in [-0.3, -0.25) is 0 Å². The van der Waals surface area contributed by atoms with E-state index in [0.717, 1.165) is 71.2 Å². The van der Waals surface area contributed by atoms with Gasteiger partial charge in [-0.15, -0.1) is 20.4 Å². The molecule has 0 fully saturated rings. The number of rotatable bonds is 0. The van der Waals surface area contributed by atoms with E-state index in [-0.39, 0.29) is 0 Å². The topological polar surface area (TPSA) is 162 Å². The maximum absolute atomic E-state index is 10.7. The summed E-state index contributed by atoms with van der Waals surface area (Å²) in [6.45, 7) is 8.87. The fourth-order valence-corrected chi connectivity index (χ4v) is 10.1. The fourth-order valence-electron chi connectivity index (χ4n) is 10.1. The van der Waals surface area contributed by atoms with Crippen molar-refractivity contribution < 1.29 is 119 Å². The van der Waals surface area contributed by atoms with Gasteiger partial charge in [0.25, 0.3) is 0 Å². The van der Waals surface area contributed by atoms with Crippen LogP contribution in [0, 0.1) is 45.3 Å². The molecule has 22 aliphatic heterocycles. The van der Waals surface area contributed by atoms with E-state index in [4.69, 9.17) is 21.0 Å². The molecule has 35 rings (SSSR count). The number of benzene rings is 7. The van der Waals surface area contributed by atoms with Gasteiger partial charge in [-0.1, -0.05) is 121 Å². The molecular weight excluding hydrogens is 1610 g/mol. The van der Waals surface area contributed by atoms with Crippen LogP contribution in [-0.4, -0.2) is 20.4 Å². The summed E-state index contributed by atoms with van der Waals surface area (Å²) in [5.41, 5.74) is 12.5. The van der Waals surface area contributed by atoms with E-state index in [2.05, 4.69) is 258 Å². The molecule has 0 N–H and O–H groups in total. The second-order valence-corrected chi connectivity index (χ2v) is 31.1. The molecular formula is C72H60F24N12P4. The zero-order valence-electron chi connectivity index (χ0n) is 58.1. The van der Waals surface area contributed by atoms with E-state index in [1.54, 1.807) is 24.3 Å². The first-order chi connectivity index (χ1) is 51.1. The standard InChI is InChI=1S/C44H36N8.C20H12.4C2H3N.4F6P/c1-2-34-4-3-33(1)29-49-21-13-37(14-22-49)41-9-10-43(47-45-41)39-17-25-51(26-18-39)31-35-5-7-36(8-6-35)32-52-27-19-40(20-28-52)44-12-11-42(46-48-44)38-15-23-50(30-34)24-16-38;1-5-13-6-2-11-17-18-12-4-8-14-7-3-10-16(20(14)18)15(9-1)19(13)17;4*1-2-3;4*1-7(2,3,4,5)6/h1-28H,29-32H2;1-12H;4*1H3;;;;/q+4;;;;;;4*-1. The Balaban J connectivity index is 0.000000302. The molecule has 596 valence electrons. The first-order valence-electron chi connectivity index (χ1n) is 31.4. The Morgan fingerprint density at radius 3 is 0.518 bits per heavy atom. The third-order valence-electron chi connectivity index (χ3n) is 14.0. The molecule has 28 heterocycles. The Hall–Kier alpha value is -11.4. The van der Waals surface area contributed by atoms with Gasteiger partial charge in [-0.05, 0) is 67.4 Å². The summed E-state index contributed by atoms with van der Waals surface area (Å²) >= 11 is 0. The number of pyridine rings is 4. The average Bonchev–Trinajstić information content (AvgIpc) is 0.722. The first-order valence-corrected chi connectivity index (χ1v) is 39.5. The normalized spacial score (nSPS) is 13.9. The van der Waals surface area contributed by atoms with Crippen LogP contribution in [-0.2, 0) is 26.2 Å². The number of fused-ring (bicyclic) bond motifs is 2. The van der Waals surface area contributed by atoms with Gasteiger partial charge in [-0.2, -0.15) is 21.0 Å².